The summed E-state index contributed by atoms with van der Waals surface area (Å²) in [5, 5.41) is 10.7. The Morgan fingerprint density at radius 1 is 1.10 bits per heavy atom. The van der Waals surface area contributed by atoms with Crippen molar-refractivity contribution in [3.05, 3.63) is 23.3 Å². The number of ketones is 1. The molecule has 4 aliphatic carbocycles. The summed E-state index contributed by atoms with van der Waals surface area (Å²) in [6.45, 7) is 16.1. The van der Waals surface area contributed by atoms with E-state index in [1.165, 1.54) is 49.7 Å². The molecule has 0 aromatic rings. The van der Waals surface area contributed by atoms with Gasteiger partial charge in [-0.25, -0.2) is 0 Å². The lowest BCUT2D eigenvalue weighted by Crippen LogP contribution is -2.57. The van der Waals surface area contributed by atoms with Gasteiger partial charge in [0.05, 0.1) is 6.10 Å². The standard InChI is InChI=1S/C29H46O2/c1-18(2)9-8-10-19(3)20-11-12-21-26-22(13-15-28(20,21)6)29(7)16-14-25(31)27(4,5)24(29)17-23(26)30/h9,17,19-22,25-26,31H,8,10-16H2,1-7H3/t19-,20-,21+,22+,25-,26+,28-,29-/m1/s1. The Morgan fingerprint density at radius 2 is 1.81 bits per heavy atom. The third kappa shape index (κ3) is 3.51. The smallest absolute Gasteiger partial charge is 0.159 e. The number of aliphatic hydroxyl groups is 1. The zero-order chi connectivity index (χ0) is 22.8. The molecule has 0 amide bonds. The van der Waals surface area contributed by atoms with Crippen molar-refractivity contribution in [3.63, 3.8) is 0 Å². The highest BCUT2D eigenvalue weighted by Gasteiger charge is 2.63. The number of aliphatic hydroxyl groups excluding tert-OH is 1. The Bertz CT molecular complexity index is 785. The van der Waals surface area contributed by atoms with Crippen LogP contribution in [0.3, 0.4) is 0 Å². The second kappa shape index (κ2) is 7.86. The van der Waals surface area contributed by atoms with Gasteiger partial charge in [0.25, 0.3) is 0 Å². The van der Waals surface area contributed by atoms with Gasteiger partial charge in [0, 0.05) is 11.3 Å². The Morgan fingerprint density at radius 3 is 2.48 bits per heavy atom. The quantitative estimate of drug-likeness (QED) is 0.486. The summed E-state index contributed by atoms with van der Waals surface area (Å²) < 4.78 is 0. The van der Waals surface area contributed by atoms with E-state index < -0.39 is 0 Å². The van der Waals surface area contributed by atoms with Crippen LogP contribution in [-0.2, 0) is 4.79 Å². The van der Waals surface area contributed by atoms with Gasteiger partial charge in [0.2, 0.25) is 0 Å². The molecule has 0 aromatic carbocycles. The molecule has 3 fully saturated rings. The number of hydrogen-bond acceptors (Lipinski definition) is 2. The summed E-state index contributed by atoms with van der Waals surface area (Å²) in [4.78, 5) is 13.7. The summed E-state index contributed by atoms with van der Waals surface area (Å²) in [5.74, 6) is 3.07. The Labute approximate surface area is 191 Å². The third-order valence-electron chi connectivity index (χ3n) is 10.7. The predicted octanol–water partition coefficient (Wildman–Crippen LogP) is 7.12. The molecule has 8 atom stereocenters. The van der Waals surface area contributed by atoms with Crippen molar-refractivity contribution >= 4 is 5.78 Å². The first-order chi connectivity index (χ1) is 14.4. The average Bonchev–Trinajstić information content (AvgIpc) is 3.04. The molecule has 0 radical (unpaired) electrons. The van der Waals surface area contributed by atoms with Crippen molar-refractivity contribution in [2.24, 2.45) is 45.8 Å². The second-order valence-corrected chi connectivity index (χ2v) is 13.0. The minimum atomic E-state index is -0.331. The molecule has 3 saturated carbocycles. The topological polar surface area (TPSA) is 37.3 Å². The SMILES string of the molecule is CC(C)=CCC[C@@H](C)[C@H]1CC[C@H]2[C@@H]3C(=O)C=C4C(C)(C)[C@H](O)CC[C@]4(C)[C@H]3CC[C@]12C. The molecule has 0 aliphatic heterocycles. The van der Waals surface area contributed by atoms with Gasteiger partial charge in [0.1, 0.15) is 0 Å². The van der Waals surface area contributed by atoms with Crippen molar-refractivity contribution in [1.82, 2.24) is 0 Å². The van der Waals surface area contributed by atoms with Gasteiger partial charge in [-0.15, -0.1) is 0 Å². The maximum atomic E-state index is 13.7. The van der Waals surface area contributed by atoms with Crippen LogP contribution < -0.4 is 0 Å². The van der Waals surface area contributed by atoms with E-state index in [0.29, 0.717) is 23.0 Å². The molecule has 0 unspecified atom stereocenters. The van der Waals surface area contributed by atoms with E-state index >= 15 is 0 Å². The van der Waals surface area contributed by atoms with Gasteiger partial charge >= 0.3 is 0 Å². The lowest BCUT2D eigenvalue weighted by Gasteiger charge is -2.60. The second-order valence-electron chi connectivity index (χ2n) is 13.0. The molecule has 2 heteroatoms. The van der Waals surface area contributed by atoms with E-state index in [2.05, 4.69) is 54.5 Å². The Kier molecular flexibility index (Phi) is 5.90. The molecule has 0 aromatic heterocycles. The molecular formula is C29H46O2. The summed E-state index contributed by atoms with van der Waals surface area (Å²) >= 11 is 0. The fraction of sp³-hybridized carbons (Fsp3) is 0.828. The molecule has 0 spiro atoms. The van der Waals surface area contributed by atoms with Crippen LogP contribution in [0.5, 0.6) is 0 Å². The van der Waals surface area contributed by atoms with Gasteiger partial charge in [-0.1, -0.05) is 51.8 Å². The first kappa shape index (κ1) is 23.3. The van der Waals surface area contributed by atoms with Crippen molar-refractivity contribution in [2.45, 2.75) is 106 Å². The zero-order valence-corrected chi connectivity index (χ0v) is 21.1. The minimum Gasteiger partial charge on any atom is -0.392 e. The Balaban J connectivity index is 1.61. The van der Waals surface area contributed by atoms with Crippen molar-refractivity contribution in [2.75, 3.05) is 0 Å². The van der Waals surface area contributed by atoms with Crippen LogP contribution in [0.1, 0.15) is 99.8 Å². The van der Waals surface area contributed by atoms with Gasteiger partial charge in [-0.05, 0) is 106 Å². The normalized spacial score (nSPS) is 44.6. The van der Waals surface area contributed by atoms with E-state index in [9.17, 15) is 9.90 Å². The van der Waals surface area contributed by atoms with Crippen LogP contribution in [0, 0.1) is 45.8 Å². The zero-order valence-electron chi connectivity index (χ0n) is 21.1. The van der Waals surface area contributed by atoms with Crippen LogP contribution in [0.15, 0.2) is 23.3 Å². The summed E-state index contributed by atoms with van der Waals surface area (Å²) in [5.41, 5.74) is 2.78. The van der Waals surface area contributed by atoms with Crippen LogP contribution in [0.25, 0.3) is 0 Å². The lowest BCUT2D eigenvalue weighted by atomic mass is 9.44. The molecule has 2 nitrogen and oxygen atoms in total. The molecule has 0 heterocycles. The van der Waals surface area contributed by atoms with Gasteiger partial charge in [-0.2, -0.15) is 0 Å². The van der Waals surface area contributed by atoms with Gasteiger partial charge < -0.3 is 5.11 Å². The van der Waals surface area contributed by atoms with E-state index in [0.717, 1.165) is 24.7 Å². The highest BCUT2D eigenvalue weighted by atomic mass is 16.3. The molecule has 31 heavy (non-hydrogen) atoms. The summed E-state index contributed by atoms with van der Waals surface area (Å²) in [6, 6.07) is 0. The average molecular weight is 427 g/mol. The fourth-order valence-corrected chi connectivity index (χ4v) is 8.88. The van der Waals surface area contributed by atoms with Crippen LogP contribution in [0.2, 0.25) is 0 Å². The first-order valence-electron chi connectivity index (χ1n) is 13.0. The van der Waals surface area contributed by atoms with E-state index in [4.69, 9.17) is 0 Å². The van der Waals surface area contributed by atoms with Gasteiger partial charge in [0.15, 0.2) is 5.78 Å². The van der Waals surface area contributed by atoms with Crippen LogP contribution in [0.4, 0.5) is 0 Å². The number of carbonyl (C=O) groups is 1. The molecular weight excluding hydrogens is 380 g/mol. The van der Waals surface area contributed by atoms with E-state index in [1.54, 1.807) is 0 Å². The highest BCUT2D eigenvalue weighted by Crippen LogP contribution is 2.68. The largest absolute Gasteiger partial charge is 0.392 e. The van der Waals surface area contributed by atoms with E-state index in [1.807, 2.05) is 6.08 Å². The summed E-state index contributed by atoms with van der Waals surface area (Å²) in [7, 11) is 0. The Hall–Kier alpha value is -0.890. The molecule has 174 valence electrons. The van der Waals surface area contributed by atoms with Crippen LogP contribution in [-0.4, -0.2) is 17.0 Å². The van der Waals surface area contributed by atoms with Crippen molar-refractivity contribution < 1.29 is 9.90 Å². The molecule has 1 N–H and O–H groups in total. The monoisotopic (exact) mass is 426 g/mol. The maximum Gasteiger partial charge on any atom is 0.159 e. The maximum absolute atomic E-state index is 13.7. The number of fused-ring (bicyclic) bond motifs is 5. The first-order valence-corrected chi connectivity index (χ1v) is 13.0. The number of rotatable bonds is 4. The molecule has 4 rings (SSSR count). The number of hydrogen-bond donors (Lipinski definition) is 1. The summed E-state index contributed by atoms with van der Waals surface area (Å²) in [6.07, 6.45) is 13.4. The number of carbonyl (C=O) groups excluding carboxylic acids is 1. The van der Waals surface area contributed by atoms with Crippen LogP contribution >= 0.6 is 0 Å². The highest BCUT2D eigenvalue weighted by molar-refractivity contribution is 5.95. The molecule has 0 saturated heterocycles. The van der Waals surface area contributed by atoms with Gasteiger partial charge in [-0.3, -0.25) is 4.79 Å². The lowest BCUT2D eigenvalue weighted by molar-refractivity contribution is -0.137. The molecule has 4 aliphatic rings. The predicted molar refractivity (Wildman–Crippen MR) is 129 cm³/mol. The van der Waals surface area contributed by atoms with Crippen molar-refractivity contribution in [3.8, 4) is 0 Å². The van der Waals surface area contributed by atoms with Crippen molar-refractivity contribution in [1.29, 1.82) is 0 Å². The third-order valence-corrected chi connectivity index (χ3v) is 10.7. The van der Waals surface area contributed by atoms with E-state index in [-0.39, 0.29) is 22.9 Å². The number of allylic oxidation sites excluding steroid dienone is 3. The fourth-order valence-electron chi connectivity index (χ4n) is 8.88. The minimum absolute atomic E-state index is 0.0792. The molecule has 0 bridgehead atoms.